The Bertz CT molecular complexity index is 332. The zero-order valence-corrected chi connectivity index (χ0v) is 9.89. The Balaban J connectivity index is 1.93. The fourth-order valence-electron chi connectivity index (χ4n) is 2.00. The van der Waals surface area contributed by atoms with Crippen molar-refractivity contribution in [2.24, 2.45) is 5.73 Å². The maximum Gasteiger partial charge on any atom is 0.0313 e. The molecule has 1 aromatic heterocycles. The van der Waals surface area contributed by atoms with E-state index >= 15 is 0 Å². The van der Waals surface area contributed by atoms with Crippen LogP contribution >= 0.6 is 0 Å². The standard InChI is InChI=1S/C12H20N4/c1-15-2-4-16(5-3-15)10-12-6-11(7-13)8-14-9-12/h6,8-9H,2-5,7,10,13H2,1H3. The lowest BCUT2D eigenvalue weighted by Gasteiger charge is -2.32. The van der Waals surface area contributed by atoms with Crippen LogP contribution in [0.5, 0.6) is 0 Å². The summed E-state index contributed by atoms with van der Waals surface area (Å²) in [5.41, 5.74) is 8.00. The van der Waals surface area contributed by atoms with Crippen LogP contribution in [0.4, 0.5) is 0 Å². The summed E-state index contributed by atoms with van der Waals surface area (Å²) in [6, 6.07) is 2.16. The van der Waals surface area contributed by atoms with Crippen molar-refractivity contribution in [2.75, 3.05) is 33.2 Å². The van der Waals surface area contributed by atoms with Gasteiger partial charge in [0.15, 0.2) is 0 Å². The van der Waals surface area contributed by atoms with Crippen LogP contribution in [0.1, 0.15) is 11.1 Å². The Kier molecular flexibility index (Phi) is 3.88. The molecule has 88 valence electrons. The van der Waals surface area contributed by atoms with E-state index in [1.807, 2.05) is 12.4 Å². The van der Waals surface area contributed by atoms with Gasteiger partial charge in [-0.2, -0.15) is 0 Å². The third-order valence-corrected chi connectivity index (χ3v) is 3.09. The van der Waals surface area contributed by atoms with Gasteiger partial charge in [0.1, 0.15) is 0 Å². The first-order chi connectivity index (χ1) is 7.78. The molecule has 0 aliphatic carbocycles. The predicted octanol–water partition coefficient (Wildman–Crippen LogP) is 0.288. The van der Waals surface area contributed by atoms with Gasteiger partial charge in [0.2, 0.25) is 0 Å². The van der Waals surface area contributed by atoms with Crippen LogP contribution in [-0.2, 0) is 13.1 Å². The maximum atomic E-state index is 5.61. The smallest absolute Gasteiger partial charge is 0.0313 e. The molecule has 1 fully saturated rings. The minimum atomic E-state index is 0.573. The zero-order chi connectivity index (χ0) is 11.4. The SMILES string of the molecule is CN1CCN(Cc2cncc(CN)c2)CC1. The number of rotatable bonds is 3. The summed E-state index contributed by atoms with van der Waals surface area (Å²) in [4.78, 5) is 9.05. The van der Waals surface area contributed by atoms with Gasteiger partial charge in [-0.15, -0.1) is 0 Å². The molecule has 0 atom stereocenters. The summed E-state index contributed by atoms with van der Waals surface area (Å²) in [5.74, 6) is 0. The molecule has 0 radical (unpaired) electrons. The van der Waals surface area contributed by atoms with Crippen molar-refractivity contribution >= 4 is 0 Å². The Labute approximate surface area is 97.1 Å². The summed E-state index contributed by atoms with van der Waals surface area (Å²) >= 11 is 0. The molecule has 1 aliphatic rings. The van der Waals surface area contributed by atoms with Crippen molar-refractivity contribution in [1.82, 2.24) is 14.8 Å². The molecule has 0 spiro atoms. The largest absolute Gasteiger partial charge is 0.326 e. The van der Waals surface area contributed by atoms with E-state index in [9.17, 15) is 0 Å². The predicted molar refractivity (Wildman–Crippen MR) is 64.9 cm³/mol. The monoisotopic (exact) mass is 220 g/mol. The molecular weight excluding hydrogens is 200 g/mol. The number of likely N-dealkylation sites (N-methyl/N-ethyl adjacent to an activating group) is 1. The molecule has 2 rings (SSSR count). The number of aromatic nitrogens is 1. The zero-order valence-electron chi connectivity index (χ0n) is 9.89. The van der Waals surface area contributed by atoms with Crippen LogP contribution in [0.2, 0.25) is 0 Å². The Morgan fingerprint density at radius 3 is 2.56 bits per heavy atom. The molecular formula is C12H20N4. The van der Waals surface area contributed by atoms with E-state index in [0.717, 1.165) is 38.3 Å². The molecule has 0 saturated carbocycles. The van der Waals surface area contributed by atoms with Gasteiger partial charge >= 0.3 is 0 Å². The topological polar surface area (TPSA) is 45.4 Å². The second-order valence-electron chi connectivity index (χ2n) is 4.48. The van der Waals surface area contributed by atoms with E-state index in [2.05, 4.69) is 27.9 Å². The number of nitrogens with zero attached hydrogens (tertiary/aromatic N) is 3. The van der Waals surface area contributed by atoms with E-state index in [1.165, 1.54) is 5.56 Å². The lowest BCUT2D eigenvalue weighted by atomic mass is 10.2. The van der Waals surface area contributed by atoms with E-state index in [-0.39, 0.29) is 0 Å². The second kappa shape index (κ2) is 5.39. The quantitative estimate of drug-likeness (QED) is 0.795. The first-order valence-corrected chi connectivity index (χ1v) is 5.81. The van der Waals surface area contributed by atoms with Crippen LogP contribution in [0, 0.1) is 0 Å². The molecule has 0 bridgehead atoms. The van der Waals surface area contributed by atoms with Gasteiger partial charge in [-0.25, -0.2) is 0 Å². The Hall–Kier alpha value is -0.970. The fourth-order valence-corrected chi connectivity index (χ4v) is 2.00. The minimum absolute atomic E-state index is 0.573. The number of hydrogen-bond acceptors (Lipinski definition) is 4. The van der Waals surface area contributed by atoms with Crippen LogP contribution in [0.3, 0.4) is 0 Å². The van der Waals surface area contributed by atoms with Crippen molar-refractivity contribution in [3.8, 4) is 0 Å². The molecule has 2 N–H and O–H groups in total. The lowest BCUT2D eigenvalue weighted by Crippen LogP contribution is -2.43. The lowest BCUT2D eigenvalue weighted by molar-refractivity contribution is 0.148. The van der Waals surface area contributed by atoms with Crippen molar-refractivity contribution in [2.45, 2.75) is 13.1 Å². The van der Waals surface area contributed by atoms with Gasteiger partial charge in [-0.1, -0.05) is 6.07 Å². The third-order valence-electron chi connectivity index (χ3n) is 3.09. The van der Waals surface area contributed by atoms with Crippen molar-refractivity contribution in [3.63, 3.8) is 0 Å². The van der Waals surface area contributed by atoms with Gasteiger partial charge in [0, 0.05) is 51.7 Å². The summed E-state index contributed by atoms with van der Waals surface area (Å²) < 4.78 is 0. The van der Waals surface area contributed by atoms with Crippen molar-refractivity contribution in [3.05, 3.63) is 29.6 Å². The summed E-state index contributed by atoms with van der Waals surface area (Å²) in [7, 11) is 2.17. The van der Waals surface area contributed by atoms with Crippen LogP contribution in [0.25, 0.3) is 0 Å². The average Bonchev–Trinajstić information content (AvgIpc) is 2.32. The molecule has 4 nitrogen and oxygen atoms in total. The first-order valence-electron chi connectivity index (χ1n) is 5.81. The molecule has 1 aliphatic heterocycles. The minimum Gasteiger partial charge on any atom is -0.326 e. The van der Waals surface area contributed by atoms with Crippen molar-refractivity contribution < 1.29 is 0 Å². The summed E-state index contributed by atoms with van der Waals surface area (Å²) in [6.07, 6.45) is 3.78. The Morgan fingerprint density at radius 2 is 1.88 bits per heavy atom. The highest BCUT2D eigenvalue weighted by Gasteiger charge is 2.13. The van der Waals surface area contributed by atoms with Gasteiger partial charge in [0.05, 0.1) is 0 Å². The number of pyridine rings is 1. The molecule has 2 heterocycles. The van der Waals surface area contributed by atoms with E-state index in [0.29, 0.717) is 6.54 Å². The molecule has 4 heteroatoms. The van der Waals surface area contributed by atoms with Crippen LogP contribution < -0.4 is 5.73 Å². The summed E-state index contributed by atoms with van der Waals surface area (Å²) in [5, 5.41) is 0. The fraction of sp³-hybridized carbons (Fsp3) is 0.583. The molecule has 0 unspecified atom stereocenters. The summed E-state index contributed by atoms with van der Waals surface area (Å²) in [6.45, 7) is 6.17. The first kappa shape index (κ1) is 11.5. The molecule has 1 aromatic rings. The van der Waals surface area contributed by atoms with Crippen molar-refractivity contribution in [1.29, 1.82) is 0 Å². The normalized spacial score (nSPS) is 18.9. The molecule has 0 aromatic carbocycles. The third kappa shape index (κ3) is 3.01. The highest BCUT2D eigenvalue weighted by molar-refractivity contribution is 5.17. The van der Waals surface area contributed by atoms with Gasteiger partial charge in [-0.05, 0) is 18.2 Å². The van der Waals surface area contributed by atoms with Crippen LogP contribution in [-0.4, -0.2) is 48.0 Å². The van der Waals surface area contributed by atoms with E-state index in [1.54, 1.807) is 0 Å². The number of nitrogens with two attached hydrogens (primary N) is 1. The maximum absolute atomic E-state index is 5.61. The molecule has 0 amide bonds. The highest BCUT2D eigenvalue weighted by atomic mass is 15.2. The number of piperazine rings is 1. The van der Waals surface area contributed by atoms with Gasteiger partial charge in [0.25, 0.3) is 0 Å². The highest BCUT2D eigenvalue weighted by Crippen LogP contribution is 2.08. The molecule has 1 saturated heterocycles. The number of hydrogen-bond donors (Lipinski definition) is 1. The Morgan fingerprint density at radius 1 is 1.19 bits per heavy atom. The second-order valence-corrected chi connectivity index (χ2v) is 4.48. The van der Waals surface area contributed by atoms with E-state index in [4.69, 9.17) is 5.73 Å². The average molecular weight is 220 g/mol. The van der Waals surface area contributed by atoms with Gasteiger partial charge in [-0.3, -0.25) is 9.88 Å². The van der Waals surface area contributed by atoms with E-state index < -0.39 is 0 Å². The van der Waals surface area contributed by atoms with Gasteiger partial charge < -0.3 is 10.6 Å². The molecule has 16 heavy (non-hydrogen) atoms. The van der Waals surface area contributed by atoms with Crippen LogP contribution in [0.15, 0.2) is 18.5 Å².